The first kappa shape index (κ1) is 16.3. The quantitative estimate of drug-likeness (QED) is 0.477. The molecule has 0 spiro atoms. The van der Waals surface area contributed by atoms with Crippen LogP contribution in [0, 0.1) is 0 Å². The third-order valence-electron chi connectivity index (χ3n) is 3.71. The largest absolute Gasteiger partial charge is 0.485 e. The molecule has 0 radical (unpaired) electrons. The molecule has 116 valence electrons. The number of benzene rings is 2. The van der Waals surface area contributed by atoms with Crippen LogP contribution in [0.5, 0.6) is 5.75 Å². The van der Waals surface area contributed by atoms with Gasteiger partial charge in [-0.05, 0) is 30.5 Å². The normalized spacial score (nSPS) is 10.4. The van der Waals surface area contributed by atoms with E-state index in [9.17, 15) is 4.79 Å². The van der Waals surface area contributed by atoms with E-state index in [0.717, 1.165) is 12.2 Å². The lowest BCUT2D eigenvalue weighted by molar-refractivity contribution is 0.0921. The van der Waals surface area contributed by atoms with Gasteiger partial charge in [-0.2, -0.15) is 0 Å². The van der Waals surface area contributed by atoms with Crippen molar-refractivity contribution in [2.24, 2.45) is 0 Å². The van der Waals surface area contributed by atoms with Gasteiger partial charge in [0.05, 0.1) is 0 Å². The maximum atomic E-state index is 12.1. The Labute approximate surface area is 133 Å². The number of carbonyl (C=O) groups excluding carboxylic acids is 1. The summed E-state index contributed by atoms with van der Waals surface area (Å²) in [7, 11) is 0. The molecule has 2 nitrogen and oxygen atoms in total. The average molecular weight is 296 g/mol. The summed E-state index contributed by atoms with van der Waals surface area (Å²) in [6, 6.07) is 17.4. The fourth-order valence-electron chi connectivity index (χ4n) is 2.36. The number of ketones is 1. The minimum atomic E-state index is 0.0152. The van der Waals surface area contributed by atoms with Gasteiger partial charge in [0.15, 0.2) is 12.4 Å². The second-order valence-electron chi connectivity index (χ2n) is 5.53. The minimum absolute atomic E-state index is 0.0152. The van der Waals surface area contributed by atoms with Gasteiger partial charge in [0, 0.05) is 5.56 Å². The van der Waals surface area contributed by atoms with Crippen LogP contribution in [0.15, 0.2) is 54.6 Å². The summed E-state index contributed by atoms with van der Waals surface area (Å²) in [4.78, 5) is 12.1. The van der Waals surface area contributed by atoms with Crippen molar-refractivity contribution in [3.05, 3.63) is 65.7 Å². The summed E-state index contributed by atoms with van der Waals surface area (Å²) in [5, 5.41) is 0. The Hall–Kier alpha value is -2.09. The monoisotopic (exact) mass is 296 g/mol. The number of hydrogen-bond acceptors (Lipinski definition) is 2. The SMILES string of the molecule is CCCCCCc1ccc(C(=O)COc2ccccc2)cc1. The highest BCUT2D eigenvalue weighted by Crippen LogP contribution is 2.12. The van der Waals surface area contributed by atoms with Gasteiger partial charge >= 0.3 is 0 Å². The van der Waals surface area contributed by atoms with E-state index in [2.05, 4.69) is 19.1 Å². The van der Waals surface area contributed by atoms with E-state index in [4.69, 9.17) is 4.74 Å². The number of hydrogen-bond donors (Lipinski definition) is 0. The van der Waals surface area contributed by atoms with Crippen LogP contribution in [0.25, 0.3) is 0 Å². The lowest BCUT2D eigenvalue weighted by Gasteiger charge is -2.06. The third-order valence-corrected chi connectivity index (χ3v) is 3.71. The number of unbranched alkanes of at least 4 members (excludes halogenated alkanes) is 3. The maximum absolute atomic E-state index is 12.1. The van der Waals surface area contributed by atoms with Crippen molar-refractivity contribution in [3.63, 3.8) is 0 Å². The molecule has 0 aliphatic rings. The first-order chi connectivity index (χ1) is 10.8. The second-order valence-corrected chi connectivity index (χ2v) is 5.53. The molecule has 0 atom stereocenters. The molecule has 2 aromatic rings. The second kappa shape index (κ2) is 9.04. The van der Waals surface area contributed by atoms with Crippen LogP contribution in [0.2, 0.25) is 0 Å². The fourth-order valence-corrected chi connectivity index (χ4v) is 2.36. The predicted octanol–water partition coefficient (Wildman–Crippen LogP) is 5.07. The Morgan fingerprint density at radius 2 is 1.64 bits per heavy atom. The molecule has 0 saturated heterocycles. The Kier molecular flexibility index (Phi) is 6.69. The van der Waals surface area contributed by atoms with Gasteiger partial charge in [0.1, 0.15) is 5.75 Å². The number of carbonyl (C=O) groups is 1. The van der Waals surface area contributed by atoms with E-state index in [0.29, 0.717) is 5.56 Å². The predicted molar refractivity (Wildman–Crippen MR) is 90.6 cm³/mol. The standard InChI is InChI=1S/C20H24O2/c1-2-3-4-6-9-17-12-14-18(15-13-17)20(21)16-22-19-10-7-5-8-11-19/h5,7-8,10-15H,2-4,6,9,16H2,1H3. The van der Waals surface area contributed by atoms with Crippen molar-refractivity contribution >= 4 is 5.78 Å². The number of para-hydroxylation sites is 1. The molecule has 0 saturated carbocycles. The van der Waals surface area contributed by atoms with Gasteiger partial charge in [-0.25, -0.2) is 0 Å². The first-order valence-electron chi connectivity index (χ1n) is 8.09. The van der Waals surface area contributed by atoms with Crippen LogP contribution >= 0.6 is 0 Å². The van der Waals surface area contributed by atoms with Crippen molar-refractivity contribution < 1.29 is 9.53 Å². The molecule has 0 bridgehead atoms. The zero-order chi connectivity index (χ0) is 15.6. The highest BCUT2D eigenvalue weighted by Gasteiger charge is 2.06. The van der Waals surface area contributed by atoms with Crippen LogP contribution < -0.4 is 4.74 Å². The molecule has 0 N–H and O–H groups in total. The molecule has 0 unspecified atom stereocenters. The molecular formula is C20H24O2. The Balaban J connectivity index is 1.80. The van der Waals surface area contributed by atoms with E-state index < -0.39 is 0 Å². The van der Waals surface area contributed by atoms with Crippen molar-refractivity contribution in [3.8, 4) is 5.75 Å². The van der Waals surface area contributed by atoms with Gasteiger partial charge in [-0.3, -0.25) is 4.79 Å². The molecular weight excluding hydrogens is 272 g/mol. The van der Waals surface area contributed by atoms with Crippen LogP contribution in [0.4, 0.5) is 0 Å². The molecule has 2 heteroatoms. The van der Waals surface area contributed by atoms with Crippen molar-refractivity contribution in [2.75, 3.05) is 6.61 Å². The molecule has 22 heavy (non-hydrogen) atoms. The van der Waals surface area contributed by atoms with Crippen molar-refractivity contribution in [1.82, 2.24) is 0 Å². The van der Waals surface area contributed by atoms with E-state index >= 15 is 0 Å². The van der Waals surface area contributed by atoms with Crippen LogP contribution in [-0.4, -0.2) is 12.4 Å². The molecule has 0 heterocycles. The van der Waals surface area contributed by atoms with Gasteiger partial charge in [-0.15, -0.1) is 0 Å². The van der Waals surface area contributed by atoms with Crippen molar-refractivity contribution in [2.45, 2.75) is 39.0 Å². The minimum Gasteiger partial charge on any atom is -0.485 e. The fraction of sp³-hybridized carbons (Fsp3) is 0.350. The van der Waals surface area contributed by atoms with Gasteiger partial charge in [-0.1, -0.05) is 68.7 Å². The average Bonchev–Trinajstić information content (AvgIpc) is 2.58. The Bertz CT molecular complexity index is 558. The third kappa shape index (κ3) is 5.36. The van der Waals surface area contributed by atoms with Gasteiger partial charge in [0.25, 0.3) is 0 Å². The van der Waals surface area contributed by atoms with E-state index in [1.165, 1.54) is 31.2 Å². The zero-order valence-corrected chi connectivity index (χ0v) is 13.3. The van der Waals surface area contributed by atoms with Crippen LogP contribution in [0.1, 0.15) is 48.5 Å². The van der Waals surface area contributed by atoms with E-state index in [-0.39, 0.29) is 12.4 Å². The van der Waals surface area contributed by atoms with Gasteiger partial charge in [0.2, 0.25) is 0 Å². The first-order valence-corrected chi connectivity index (χ1v) is 8.09. The van der Waals surface area contributed by atoms with Crippen molar-refractivity contribution in [1.29, 1.82) is 0 Å². The van der Waals surface area contributed by atoms with Crippen LogP contribution in [-0.2, 0) is 6.42 Å². The molecule has 0 amide bonds. The Morgan fingerprint density at radius 1 is 0.909 bits per heavy atom. The highest BCUT2D eigenvalue weighted by atomic mass is 16.5. The molecule has 0 aromatic heterocycles. The lowest BCUT2D eigenvalue weighted by Crippen LogP contribution is -2.11. The van der Waals surface area contributed by atoms with Gasteiger partial charge < -0.3 is 4.74 Å². The zero-order valence-electron chi connectivity index (χ0n) is 13.3. The number of rotatable bonds is 9. The van der Waals surface area contributed by atoms with Crippen LogP contribution in [0.3, 0.4) is 0 Å². The summed E-state index contributed by atoms with van der Waals surface area (Å²) in [6.07, 6.45) is 6.15. The molecule has 0 aliphatic heterocycles. The Morgan fingerprint density at radius 3 is 2.32 bits per heavy atom. The highest BCUT2D eigenvalue weighted by molar-refractivity contribution is 5.97. The summed E-state index contributed by atoms with van der Waals surface area (Å²) in [5.74, 6) is 0.741. The molecule has 2 aromatic carbocycles. The van der Waals surface area contributed by atoms with E-state index in [1.807, 2.05) is 42.5 Å². The number of ether oxygens (including phenoxy) is 1. The lowest BCUT2D eigenvalue weighted by atomic mass is 10.0. The van der Waals surface area contributed by atoms with E-state index in [1.54, 1.807) is 0 Å². The molecule has 0 fully saturated rings. The summed E-state index contributed by atoms with van der Waals surface area (Å²) in [6.45, 7) is 2.30. The smallest absolute Gasteiger partial charge is 0.200 e. The summed E-state index contributed by atoms with van der Waals surface area (Å²) in [5.41, 5.74) is 2.02. The summed E-state index contributed by atoms with van der Waals surface area (Å²) >= 11 is 0. The topological polar surface area (TPSA) is 26.3 Å². The summed E-state index contributed by atoms with van der Waals surface area (Å²) < 4.78 is 5.49. The number of Topliss-reactive ketones (excluding diaryl/α,β-unsaturated/α-hetero) is 1. The number of aryl methyl sites for hydroxylation is 1. The maximum Gasteiger partial charge on any atom is 0.200 e. The molecule has 2 rings (SSSR count). The molecule has 0 aliphatic carbocycles.